The summed E-state index contributed by atoms with van der Waals surface area (Å²) in [6.07, 6.45) is 29.9. The average molecular weight is 447 g/mol. The summed E-state index contributed by atoms with van der Waals surface area (Å²) in [5.74, 6) is 7.16. The molecule has 6 unspecified atom stereocenters. The summed E-state index contributed by atoms with van der Waals surface area (Å²) in [6.45, 7) is 12.3. The number of unbranched alkanes of at least 4 members (excludes halogenated alkanes) is 3. The van der Waals surface area contributed by atoms with Gasteiger partial charge in [0.2, 0.25) is 0 Å². The highest BCUT2D eigenvalue weighted by Gasteiger charge is 2.41. The molecule has 0 nitrogen and oxygen atoms in total. The van der Waals surface area contributed by atoms with Crippen molar-refractivity contribution in [2.75, 3.05) is 0 Å². The van der Waals surface area contributed by atoms with E-state index in [9.17, 15) is 0 Å². The molecule has 2 aliphatic rings. The average Bonchev–Trinajstić information content (AvgIpc) is 3.24. The van der Waals surface area contributed by atoms with Gasteiger partial charge in [0.05, 0.1) is 0 Å². The summed E-state index contributed by atoms with van der Waals surface area (Å²) in [7, 11) is 0. The Bertz CT molecular complexity index is 433. The fraction of sp³-hybridized carbons (Fsp3) is 1.00. The summed E-state index contributed by atoms with van der Waals surface area (Å²) in [5, 5.41) is 0. The molecule has 0 aromatic rings. The molecule has 0 aromatic heterocycles. The lowest BCUT2D eigenvalue weighted by molar-refractivity contribution is 0.0596. The molecule has 6 atom stereocenters. The third-order valence-electron chi connectivity index (χ3n) is 9.72. The van der Waals surface area contributed by atoms with E-state index in [0.29, 0.717) is 0 Å². The Kier molecular flexibility index (Phi) is 14.6. The molecule has 190 valence electrons. The highest BCUT2D eigenvalue weighted by Crippen LogP contribution is 2.50. The molecule has 0 amide bonds. The maximum absolute atomic E-state index is 2.55. The Morgan fingerprint density at radius 2 is 1.22 bits per heavy atom. The van der Waals surface area contributed by atoms with Crippen molar-refractivity contribution < 1.29 is 0 Å². The maximum Gasteiger partial charge on any atom is -0.0326 e. The molecule has 0 spiro atoms. The van der Waals surface area contributed by atoms with Crippen molar-refractivity contribution in [3.8, 4) is 0 Å². The Morgan fingerprint density at radius 1 is 0.625 bits per heavy atom. The minimum Gasteiger partial charge on any atom is -0.0654 e. The number of hydrogen-bond acceptors (Lipinski definition) is 0. The van der Waals surface area contributed by atoms with Crippen LogP contribution in [0.25, 0.3) is 0 Å². The van der Waals surface area contributed by atoms with E-state index in [-0.39, 0.29) is 0 Å². The van der Waals surface area contributed by atoms with Crippen molar-refractivity contribution in [3.05, 3.63) is 0 Å². The summed E-state index contributed by atoms with van der Waals surface area (Å²) in [5.41, 5.74) is 0. The van der Waals surface area contributed by atoms with E-state index >= 15 is 0 Å². The summed E-state index contributed by atoms with van der Waals surface area (Å²) in [6, 6.07) is 0. The Balaban J connectivity index is 2.16. The minimum atomic E-state index is 0.945. The Hall–Kier alpha value is 0. The molecule has 32 heavy (non-hydrogen) atoms. The standard InChI is InChI=1S/C32H62/c1-6-9-16-26(4)17-15-21-29(18-10-7-2)32(30-24-23-27(5)25-30)31(22-11-8-3)28-19-13-12-14-20-28/h26-32H,6-25H2,1-5H3. The van der Waals surface area contributed by atoms with Crippen molar-refractivity contribution in [1.29, 1.82) is 0 Å². The molecular formula is C32H62. The zero-order chi connectivity index (χ0) is 23.2. The van der Waals surface area contributed by atoms with Gasteiger partial charge in [-0.05, 0) is 60.7 Å². The second-order valence-corrected chi connectivity index (χ2v) is 12.5. The second kappa shape index (κ2) is 16.6. The first kappa shape index (κ1) is 28.2. The lowest BCUT2D eigenvalue weighted by atomic mass is 9.62. The first-order valence-electron chi connectivity index (χ1n) is 15.6. The highest BCUT2D eigenvalue weighted by atomic mass is 14.5. The smallest absolute Gasteiger partial charge is 0.0326 e. The molecule has 0 bridgehead atoms. The molecule has 0 radical (unpaired) electrons. The van der Waals surface area contributed by atoms with Crippen molar-refractivity contribution in [3.63, 3.8) is 0 Å². The number of rotatable bonds is 17. The lowest BCUT2D eigenvalue weighted by Crippen LogP contribution is -2.35. The van der Waals surface area contributed by atoms with E-state index in [1.54, 1.807) is 38.5 Å². The van der Waals surface area contributed by atoms with E-state index in [4.69, 9.17) is 0 Å². The molecule has 2 saturated carbocycles. The molecular weight excluding hydrogens is 384 g/mol. The van der Waals surface area contributed by atoms with Gasteiger partial charge in [-0.1, -0.05) is 144 Å². The van der Waals surface area contributed by atoms with Crippen LogP contribution in [0.15, 0.2) is 0 Å². The first-order chi connectivity index (χ1) is 15.6. The van der Waals surface area contributed by atoms with Crippen LogP contribution in [-0.4, -0.2) is 0 Å². The van der Waals surface area contributed by atoms with Crippen LogP contribution in [0.2, 0.25) is 0 Å². The first-order valence-corrected chi connectivity index (χ1v) is 15.6. The van der Waals surface area contributed by atoms with E-state index in [1.807, 2.05) is 0 Å². The van der Waals surface area contributed by atoms with Gasteiger partial charge in [-0.3, -0.25) is 0 Å². The van der Waals surface area contributed by atoms with E-state index in [0.717, 1.165) is 41.4 Å². The van der Waals surface area contributed by atoms with Gasteiger partial charge in [0, 0.05) is 0 Å². The summed E-state index contributed by atoms with van der Waals surface area (Å²) >= 11 is 0. The molecule has 0 aromatic carbocycles. The van der Waals surface area contributed by atoms with Gasteiger partial charge in [-0.15, -0.1) is 0 Å². The van der Waals surface area contributed by atoms with Gasteiger partial charge in [0.15, 0.2) is 0 Å². The molecule has 2 rings (SSSR count). The molecule has 2 aliphatic carbocycles. The summed E-state index contributed by atoms with van der Waals surface area (Å²) < 4.78 is 0. The van der Waals surface area contributed by atoms with Crippen LogP contribution in [0.5, 0.6) is 0 Å². The maximum atomic E-state index is 2.55. The van der Waals surface area contributed by atoms with E-state index < -0.39 is 0 Å². The normalized spacial score (nSPS) is 26.2. The largest absolute Gasteiger partial charge is 0.0654 e. The van der Waals surface area contributed by atoms with Crippen LogP contribution in [-0.2, 0) is 0 Å². The third kappa shape index (κ3) is 9.70. The van der Waals surface area contributed by atoms with Gasteiger partial charge < -0.3 is 0 Å². The van der Waals surface area contributed by atoms with Crippen molar-refractivity contribution in [2.45, 2.75) is 163 Å². The molecule has 0 heterocycles. The van der Waals surface area contributed by atoms with Crippen LogP contribution in [0.3, 0.4) is 0 Å². The van der Waals surface area contributed by atoms with Gasteiger partial charge in [-0.25, -0.2) is 0 Å². The predicted octanol–water partition coefficient (Wildman–Crippen LogP) is 11.2. The second-order valence-electron chi connectivity index (χ2n) is 12.5. The molecule has 0 N–H and O–H groups in total. The predicted molar refractivity (Wildman–Crippen MR) is 145 cm³/mol. The zero-order valence-corrected chi connectivity index (χ0v) is 23.2. The zero-order valence-electron chi connectivity index (χ0n) is 23.2. The van der Waals surface area contributed by atoms with Crippen LogP contribution in [0.4, 0.5) is 0 Å². The summed E-state index contributed by atoms with van der Waals surface area (Å²) in [4.78, 5) is 0. The molecule has 2 fully saturated rings. The van der Waals surface area contributed by atoms with E-state index in [2.05, 4.69) is 34.6 Å². The highest BCUT2D eigenvalue weighted by molar-refractivity contribution is 4.90. The van der Waals surface area contributed by atoms with Crippen molar-refractivity contribution in [1.82, 2.24) is 0 Å². The quantitative estimate of drug-likeness (QED) is 0.208. The van der Waals surface area contributed by atoms with Crippen LogP contribution in [0.1, 0.15) is 163 Å². The monoisotopic (exact) mass is 446 g/mol. The van der Waals surface area contributed by atoms with Crippen LogP contribution >= 0.6 is 0 Å². The van der Waals surface area contributed by atoms with Crippen molar-refractivity contribution in [2.24, 2.45) is 41.4 Å². The molecule has 0 saturated heterocycles. The fourth-order valence-corrected chi connectivity index (χ4v) is 7.85. The fourth-order valence-electron chi connectivity index (χ4n) is 7.85. The van der Waals surface area contributed by atoms with Crippen LogP contribution in [0, 0.1) is 41.4 Å². The lowest BCUT2D eigenvalue weighted by Gasteiger charge is -2.44. The minimum absolute atomic E-state index is 0.945. The van der Waals surface area contributed by atoms with Gasteiger partial charge in [-0.2, -0.15) is 0 Å². The van der Waals surface area contributed by atoms with E-state index in [1.165, 1.54) is 89.9 Å². The number of hydrogen-bond donors (Lipinski definition) is 0. The molecule has 0 heteroatoms. The van der Waals surface area contributed by atoms with Gasteiger partial charge >= 0.3 is 0 Å². The van der Waals surface area contributed by atoms with Crippen molar-refractivity contribution >= 4 is 0 Å². The SMILES string of the molecule is CCCCC(C)CCCC(CCCC)C(C1CCC(C)C1)C(CCCC)C1CCCCC1. The Morgan fingerprint density at radius 3 is 1.84 bits per heavy atom. The van der Waals surface area contributed by atoms with Gasteiger partial charge in [0.25, 0.3) is 0 Å². The van der Waals surface area contributed by atoms with Gasteiger partial charge in [0.1, 0.15) is 0 Å². The topological polar surface area (TPSA) is 0 Å². The third-order valence-corrected chi connectivity index (χ3v) is 9.72. The Labute approximate surface area is 204 Å². The van der Waals surface area contributed by atoms with Crippen LogP contribution < -0.4 is 0 Å². The molecule has 0 aliphatic heterocycles.